The second-order valence-corrected chi connectivity index (χ2v) is 6.16. The number of carbonyl (C=O) groups excluding carboxylic acids is 1. The van der Waals surface area contributed by atoms with Gasteiger partial charge in [-0.1, -0.05) is 13.8 Å². The lowest BCUT2D eigenvalue weighted by atomic mass is 10.1. The average Bonchev–Trinajstić information content (AvgIpc) is 3.13. The summed E-state index contributed by atoms with van der Waals surface area (Å²) in [4.78, 5) is 19.8. The van der Waals surface area contributed by atoms with Gasteiger partial charge in [-0.3, -0.25) is 4.79 Å². The molecule has 1 aromatic carbocycles. The molecule has 3 rings (SSSR count). The van der Waals surface area contributed by atoms with Crippen LogP contribution >= 0.6 is 0 Å². The van der Waals surface area contributed by atoms with Gasteiger partial charge in [0, 0.05) is 48.7 Å². The molecule has 23 heavy (non-hydrogen) atoms. The Morgan fingerprint density at radius 3 is 3.00 bits per heavy atom. The lowest BCUT2D eigenvalue weighted by Gasteiger charge is -2.12. The van der Waals surface area contributed by atoms with Crippen LogP contribution in [-0.2, 0) is 11.3 Å². The lowest BCUT2D eigenvalue weighted by Crippen LogP contribution is -2.16. The zero-order valence-electron chi connectivity index (χ0n) is 13.8. The summed E-state index contributed by atoms with van der Waals surface area (Å²) in [6.07, 6.45) is 6.05. The van der Waals surface area contributed by atoms with Crippen molar-refractivity contribution in [2.24, 2.45) is 0 Å². The molecule has 0 aliphatic carbocycles. The van der Waals surface area contributed by atoms with Crippen molar-refractivity contribution in [2.75, 3.05) is 5.32 Å². The topological polar surface area (TPSA) is 62.7 Å². The van der Waals surface area contributed by atoms with Crippen LogP contribution in [0.1, 0.15) is 37.6 Å². The smallest absolute Gasteiger partial charge is 0.226 e. The van der Waals surface area contributed by atoms with Gasteiger partial charge in [0.25, 0.3) is 0 Å². The van der Waals surface area contributed by atoms with E-state index in [1.54, 1.807) is 6.20 Å². The summed E-state index contributed by atoms with van der Waals surface area (Å²) < 4.78 is 2.05. The Balaban J connectivity index is 1.66. The number of rotatable bonds is 5. The Bertz CT molecular complexity index is 829. The number of fused-ring (bicyclic) bond motifs is 1. The molecule has 2 heterocycles. The molecule has 0 saturated heterocycles. The minimum atomic E-state index is 0.0161. The molecule has 0 unspecified atom stereocenters. The molecule has 120 valence electrons. The number of hydrogen-bond donors (Lipinski definition) is 2. The summed E-state index contributed by atoms with van der Waals surface area (Å²) in [7, 11) is 0. The molecular formula is C18H22N4O. The predicted octanol–water partition coefficient (Wildman–Crippen LogP) is 3.83. The second-order valence-electron chi connectivity index (χ2n) is 6.16. The van der Waals surface area contributed by atoms with Crippen LogP contribution in [0, 0.1) is 6.92 Å². The molecule has 0 fully saturated rings. The van der Waals surface area contributed by atoms with Gasteiger partial charge in [0.1, 0.15) is 5.82 Å². The molecular weight excluding hydrogens is 288 g/mol. The molecule has 0 saturated carbocycles. The van der Waals surface area contributed by atoms with Crippen LogP contribution < -0.4 is 5.32 Å². The maximum absolute atomic E-state index is 12.3. The number of hydrogen-bond acceptors (Lipinski definition) is 2. The molecule has 1 amide bonds. The van der Waals surface area contributed by atoms with Gasteiger partial charge in [0.05, 0.1) is 0 Å². The number of nitrogens with one attached hydrogen (secondary N) is 2. The van der Waals surface area contributed by atoms with Gasteiger partial charge < -0.3 is 14.9 Å². The molecule has 0 aliphatic rings. The number of carbonyl (C=O) groups is 1. The number of nitrogens with zero attached hydrogens (tertiary/aromatic N) is 2. The van der Waals surface area contributed by atoms with Gasteiger partial charge in [-0.05, 0) is 36.1 Å². The quantitative estimate of drug-likeness (QED) is 0.752. The van der Waals surface area contributed by atoms with Crippen molar-refractivity contribution in [1.29, 1.82) is 0 Å². The van der Waals surface area contributed by atoms with Gasteiger partial charge >= 0.3 is 0 Å². The van der Waals surface area contributed by atoms with Crippen LogP contribution in [-0.4, -0.2) is 20.4 Å². The fraction of sp³-hybridized carbons (Fsp3) is 0.333. The number of anilines is 1. The standard InChI is InChI=1S/C18H22N4O/c1-12(2)18-20-7-9-22(18)8-5-17(23)21-15-11-16-14(4-6-19-16)10-13(15)3/h4,6-7,9-12,19H,5,8H2,1-3H3,(H,21,23). The maximum atomic E-state index is 12.3. The molecule has 0 spiro atoms. The third-order valence-electron chi connectivity index (χ3n) is 4.02. The van der Waals surface area contributed by atoms with Crippen molar-refractivity contribution >= 4 is 22.5 Å². The first-order chi connectivity index (χ1) is 11.0. The molecule has 2 N–H and O–H groups in total. The van der Waals surface area contributed by atoms with Crippen molar-refractivity contribution < 1.29 is 4.79 Å². The van der Waals surface area contributed by atoms with Crippen LogP contribution in [0.3, 0.4) is 0 Å². The molecule has 0 bridgehead atoms. The van der Waals surface area contributed by atoms with Crippen LogP contribution in [0.15, 0.2) is 36.8 Å². The van der Waals surface area contributed by atoms with E-state index in [2.05, 4.69) is 35.2 Å². The van der Waals surface area contributed by atoms with Crippen molar-refractivity contribution in [3.63, 3.8) is 0 Å². The highest BCUT2D eigenvalue weighted by atomic mass is 16.1. The molecule has 0 atom stereocenters. The summed E-state index contributed by atoms with van der Waals surface area (Å²) in [5.74, 6) is 1.38. The van der Waals surface area contributed by atoms with Gasteiger partial charge in [0.2, 0.25) is 5.91 Å². The van der Waals surface area contributed by atoms with E-state index in [9.17, 15) is 4.79 Å². The number of aryl methyl sites for hydroxylation is 2. The van der Waals surface area contributed by atoms with Gasteiger partial charge in [0.15, 0.2) is 0 Å². The number of amides is 1. The highest BCUT2D eigenvalue weighted by Crippen LogP contribution is 2.22. The highest BCUT2D eigenvalue weighted by molar-refractivity contribution is 5.94. The van der Waals surface area contributed by atoms with E-state index in [1.165, 1.54) is 0 Å². The van der Waals surface area contributed by atoms with Crippen LogP contribution in [0.5, 0.6) is 0 Å². The monoisotopic (exact) mass is 310 g/mol. The average molecular weight is 310 g/mol. The number of H-pyrrole nitrogens is 1. The van der Waals surface area contributed by atoms with Crippen LogP contribution in [0.4, 0.5) is 5.69 Å². The van der Waals surface area contributed by atoms with Crippen LogP contribution in [0.2, 0.25) is 0 Å². The number of aromatic amines is 1. The molecule has 5 nitrogen and oxygen atoms in total. The SMILES string of the molecule is Cc1cc2cc[nH]c2cc1NC(=O)CCn1ccnc1C(C)C. The Morgan fingerprint density at radius 2 is 2.22 bits per heavy atom. The Kier molecular flexibility index (Phi) is 4.19. The zero-order valence-corrected chi connectivity index (χ0v) is 13.8. The number of imidazole rings is 1. The minimum Gasteiger partial charge on any atom is -0.361 e. The van der Waals surface area contributed by atoms with E-state index < -0.39 is 0 Å². The minimum absolute atomic E-state index is 0.0161. The largest absolute Gasteiger partial charge is 0.361 e. The van der Waals surface area contributed by atoms with Gasteiger partial charge in [-0.2, -0.15) is 0 Å². The maximum Gasteiger partial charge on any atom is 0.226 e. The number of aromatic nitrogens is 3. The second kappa shape index (κ2) is 6.28. The van der Waals surface area contributed by atoms with E-state index >= 15 is 0 Å². The normalized spacial score (nSPS) is 11.3. The van der Waals surface area contributed by atoms with Crippen molar-refractivity contribution in [3.05, 3.63) is 48.2 Å². The van der Waals surface area contributed by atoms with E-state index in [1.807, 2.05) is 36.0 Å². The summed E-state index contributed by atoms with van der Waals surface area (Å²) in [6, 6.07) is 6.09. The van der Waals surface area contributed by atoms with Gasteiger partial charge in [-0.25, -0.2) is 4.98 Å². The third-order valence-corrected chi connectivity index (χ3v) is 4.02. The highest BCUT2D eigenvalue weighted by Gasteiger charge is 2.10. The number of benzene rings is 1. The zero-order chi connectivity index (χ0) is 16.4. The lowest BCUT2D eigenvalue weighted by molar-refractivity contribution is -0.116. The van der Waals surface area contributed by atoms with Crippen LogP contribution in [0.25, 0.3) is 10.9 Å². The molecule has 2 aromatic heterocycles. The Labute approximate surface area is 135 Å². The Hall–Kier alpha value is -2.56. The van der Waals surface area contributed by atoms with E-state index in [0.717, 1.165) is 28.0 Å². The van der Waals surface area contributed by atoms with E-state index in [0.29, 0.717) is 18.9 Å². The van der Waals surface area contributed by atoms with Crippen molar-refractivity contribution in [1.82, 2.24) is 14.5 Å². The predicted molar refractivity (Wildman–Crippen MR) is 92.6 cm³/mol. The first-order valence-electron chi connectivity index (χ1n) is 7.93. The molecule has 3 aromatic rings. The summed E-state index contributed by atoms with van der Waals surface area (Å²) in [5.41, 5.74) is 2.96. The fourth-order valence-corrected chi connectivity index (χ4v) is 2.79. The summed E-state index contributed by atoms with van der Waals surface area (Å²) in [5, 5.41) is 4.16. The first kappa shape index (κ1) is 15.3. The van der Waals surface area contributed by atoms with E-state index in [-0.39, 0.29) is 5.91 Å². The summed E-state index contributed by atoms with van der Waals surface area (Å²) >= 11 is 0. The third kappa shape index (κ3) is 3.28. The van der Waals surface area contributed by atoms with Crippen molar-refractivity contribution in [3.8, 4) is 0 Å². The molecule has 0 radical (unpaired) electrons. The van der Waals surface area contributed by atoms with E-state index in [4.69, 9.17) is 0 Å². The fourth-order valence-electron chi connectivity index (χ4n) is 2.79. The summed E-state index contributed by atoms with van der Waals surface area (Å²) in [6.45, 7) is 6.86. The Morgan fingerprint density at radius 1 is 1.39 bits per heavy atom. The first-order valence-corrected chi connectivity index (χ1v) is 7.93. The molecule has 5 heteroatoms. The van der Waals surface area contributed by atoms with Gasteiger partial charge in [-0.15, -0.1) is 0 Å². The van der Waals surface area contributed by atoms with Crippen molar-refractivity contribution in [2.45, 2.75) is 39.7 Å². The molecule has 0 aliphatic heterocycles.